The number of nitrogens with one attached hydrogen (secondary N) is 2. The van der Waals surface area contributed by atoms with Gasteiger partial charge in [-0.2, -0.15) is 0 Å². The van der Waals surface area contributed by atoms with Crippen molar-refractivity contribution in [2.75, 3.05) is 11.9 Å². The van der Waals surface area contributed by atoms with Crippen LogP contribution in [0.2, 0.25) is 0 Å². The molecule has 0 spiro atoms. The maximum Gasteiger partial charge on any atom is 0.338 e. The normalized spacial score (nSPS) is 10.3. The van der Waals surface area contributed by atoms with Gasteiger partial charge in [0.2, 0.25) is 0 Å². The molecule has 0 fully saturated rings. The third-order valence-corrected chi connectivity index (χ3v) is 3.00. The summed E-state index contributed by atoms with van der Waals surface area (Å²) in [5.41, 5.74) is 0.956. The van der Waals surface area contributed by atoms with E-state index >= 15 is 0 Å². The molecule has 25 heavy (non-hydrogen) atoms. The van der Waals surface area contributed by atoms with E-state index in [2.05, 4.69) is 17.2 Å². The van der Waals surface area contributed by atoms with Gasteiger partial charge in [0.05, 0.1) is 23.3 Å². The Morgan fingerprint density at radius 3 is 1.96 bits per heavy atom. The molecule has 0 aliphatic rings. The Bertz CT molecular complexity index is 616. The Labute approximate surface area is 153 Å². The lowest BCUT2D eigenvalue weighted by Crippen LogP contribution is -2.28. The average Bonchev–Trinajstić information content (AvgIpc) is 2.51. The zero-order chi connectivity index (χ0) is 19.0. The second-order valence-corrected chi connectivity index (χ2v) is 6.24. The second-order valence-electron chi connectivity index (χ2n) is 5.83. The van der Waals surface area contributed by atoms with Gasteiger partial charge < -0.3 is 20.1 Å². The van der Waals surface area contributed by atoms with Gasteiger partial charge in [-0.15, -0.1) is 6.58 Å². The molecular formula is C18H24N2O4S. The number of esters is 2. The minimum Gasteiger partial charge on any atom is -0.459 e. The van der Waals surface area contributed by atoms with Crippen molar-refractivity contribution in [3.63, 3.8) is 0 Å². The summed E-state index contributed by atoms with van der Waals surface area (Å²) < 4.78 is 10.4. The number of benzene rings is 1. The van der Waals surface area contributed by atoms with Gasteiger partial charge in [0.1, 0.15) is 0 Å². The highest BCUT2D eigenvalue weighted by atomic mass is 32.1. The van der Waals surface area contributed by atoms with Crippen LogP contribution < -0.4 is 10.6 Å². The van der Waals surface area contributed by atoms with Crippen molar-refractivity contribution < 1.29 is 19.1 Å². The molecular weight excluding hydrogens is 340 g/mol. The second kappa shape index (κ2) is 9.78. The molecule has 1 rings (SSSR count). The number of rotatable bonds is 7. The maximum absolute atomic E-state index is 12.2. The Hall–Kier alpha value is -2.41. The number of thiocarbonyl (C=S) groups is 1. The molecule has 0 unspecified atom stereocenters. The maximum atomic E-state index is 12.2. The summed E-state index contributed by atoms with van der Waals surface area (Å²) in [6.45, 7) is 11.1. The first-order valence-corrected chi connectivity index (χ1v) is 8.36. The lowest BCUT2D eigenvalue weighted by molar-refractivity contribution is 0.0378. The molecule has 0 aliphatic heterocycles. The van der Waals surface area contributed by atoms with Gasteiger partial charge in [0.15, 0.2) is 5.11 Å². The van der Waals surface area contributed by atoms with Crippen LogP contribution in [-0.2, 0) is 9.47 Å². The first-order chi connectivity index (χ1) is 11.7. The summed E-state index contributed by atoms with van der Waals surface area (Å²) in [5.74, 6) is -1.05. The summed E-state index contributed by atoms with van der Waals surface area (Å²) in [4.78, 5) is 24.4. The topological polar surface area (TPSA) is 76.7 Å². The molecule has 0 bridgehead atoms. The van der Waals surface area contributed by atoms with Crippen molar-refractivity contribution in [1.29, 1.82) is 0 Å². The van der Waals surface area contributed by atoms with E-state index < -0.39 is 11.9 Å². The van der Waals surface area contributed by atoms with Gasteiger partial charge in [0, 0.05) is 12.2 Å². The minimum absolute atomic E-state index is 0.237. The van der Waals surface area contributed by atoms with Gasteiger partial charge in [-0.1, -0.05) is 6.08 Å². The molecule has 0 saturated heterocycles. The van der Waals surface area contributed by atoms with Crippen LogP contribution in [0.15, 0.2) is 30.9 Å². The van der Waals surface area contributed by atoms with Gasteiger partial charge in [-0.25, -0.2) is 9.59 Å². The Kier molecular flexibility index (Phi) is 8.07. The molecule has 0 amide bonds. The zero-order valence-corrected chi connectivity index (χ0v) is 15.7. The smallest absolute Gasteiger partial charge is 0.338 e. The highest BCUT2D eigenvalue weighted by molar-refractivity contribution is 7.80. The van der Waals surface area contributed by atoms with Gasteiger partial charge in [0.25, 0.3) is 0 Å². The monoisotopic (exact) mass is 364 g/mol. The fourth-order valence-electron chi connectivity index (χ4n) is 1.84. The summed E-state index contributed by atoms with van der Waals surface area (Å²) in [7, 11) is 0. The first-order valence-electron chi connectivity index (χ1n) is 7.95. The van der Waals surface area contributed by atoms with Gasteiger partial charge in [-0.05, 0) is 58.1 Å². The lowest BCUT2D eigenvalue weighted by Gasteiger charge is -2.14. The minimum atomic E-state index is -0.526. The molecule has 2 N–H and O–H groups in total. The largest absolute Gasteiger partial charge is 0.459 e. The van der Waals surface area contributed by atoms with Crippen molar-refractivity contribution in [3.8, 4) is 0 Å². The number of anilines is 1. The standard InChI is InChI=1S/C18H24N2O4S/c1-6-7-19-18(25)20-15-9-13(16(21)23-11(2)3)8-14(10-15)17(22)24-12(4)5/h6,8-12H,1,7H2,2-5H3,(H2,19,20,25). The summed E-state index contributed by atoms with van der Waals surface area (Å²) in [5, 5.41) is 6.19. The van der Waals surface area contributed by atoms with E-state index in [-0.39, 0.29) is 23.3 Å². The van der Waals surface area contributed by atoms with Crippen LogP contribution in [0.3, 0.4) is 0 Å². The number of carbonyl (C=O) groups is 2. The zero-order valence-electron chi connectivity index (χ0n) is 14.9. The van der Waals surface area contributed by atoms with E-state index in [4.69, 9.17) is 21.7 Å². The van der Waals surface area contributed by atoms with Crippen LogP contribution in [0.25, 0.3) is 0 Å². The van der Waals surface area contributed by atoms with Crippen LogP contribution >= 0.6 is 12.2 Å². The van der Waals surface area contributed by atoms with Crippen LogP contribution in [-0.4, -0.2) is 35.8 Å². The quantitative estimate of drug-likeness (QED) is 0.437. The highest BCUT2D eigenvalue weighted by Gasteiger charge is 2.17. The van der Waals surface area contributed by atoms with E-state index in [0.29, 0.717) is 17.3 Å². The predicted molar refractivity (Wildman–Crippen MR) is 102 cm³/mol. The molecule has 1 aromatic rings. The average molecular weight is 364 g/mol. The fraction of sp³-hybridized carbons (Fsp3) is 0.389. The van der Waals surface area contributed by atoms with Gasteiger partial charge >= 0.3 is 11.9 Å². The molecule has 0 heterocycles. The predicted octanol–water partition coefficient (Wildman–Crippen LogP) is 3.29. The van der Waals surface area contributed by atoms with Crippen LogP contribution in [0.5, 0.6) is 0 Å². The van der Waals surface area contributed by atoms with Crippen molar-refractivity contribution in [1.82, 2.24) is 5.32 Å². The number of carbonyl (C=O) groups excluding carboxylic acids is 2. The molecule has 7 heteroatoms. The SMILES string of the molecule is C=CCNC(=S)Nc1cc(C(=O)OC(C)C)cc(C(=O)OC(C)C)c1. The molecule has 0 aliphatic carbocycles. The summed E-state index contributed by atoms with van der Waals surface area (Å²) in [6, 6.07) is 4.58. The third-order valence-electron chi connectivity index (χ3n) is 2.75. The molecule has 136 valence electrons. The molecule has 0 aromatic heterocycles. The Balaban J connectivity index is 3.13. The summed E-state index contributed by atoms with van der Waals surface area (Å²) in [6.07, 6.45) is 1.12. The Morgan fingerprint density at radius 2 is 1.56 bits per heavy atom. The molecule has 1 aromatic carbocycles. The van der Waals surface area contributed by atoms with E-state index in [9.17, 15) is 9.59 Å². The van der Waals surface area contributed by atoms with Crippen molar-refractivity contribution in [2.45, 2.75) is 39.9 Å². The van der Waals surface area contributed by atoms with Gasteiger partial charge in [-0.3, -0.25) is 0 Å². The lowest BCUT2D eigenvalue weighted by atomic mass is 10.1. The fourth-order valence-corrected chi connectivity index (χ4v) is 2.04. The van der Waals surface area contributed by atoms with E-state index in [0.717, 1.165) is 0 Å². The van der Waals surface area contributed by atoms with Crippen LogP contribution in [0.4, 0.5) is 5.69 Å². The third kappa shape index (κ3) is 7.34. The van der Waals surface area contributed by atoms with Crippen LogP contribution in [0, 0.1) is 0 Å². The number of ether oxygens (including phenoxy) is 2. The number of hydrogen-bond donors (Lipinski definition) is 2. The summed E-state index contributed by atoms with van der Waals surface area (Å²) >= 11 is 5.16. The molecule has 0 saturated carbocycles. The molecule has 6 nitrogen and oxygen atoms in total. The highest BCUT2D eigenvalue weighted by Crippen LogP contribution is 2.18. The molecule has 0 radical (unpaired) electrons. The van der Waals surface area contributed by atoms with Crippen LogP contribution in [0.1, 0.15) is 48.4 Å². The molecule has 0 atom stereocenters. The first kappa shape index (κ1) is 20.6. The van der Waals surface area contributed by atoms with E-state index in [1.807, 2.05) is 0 Å². The van der Waals surface area contributed by atoms with Crippen molar-refractivity contribution >= 4 is 35.0 Å². The Morgan fingerprint density at radius 1 is 1.08 bits per heavy atom. The number of hydrogen-bond acceptors (Lipinski definition) is 5. The van der Waals surface area contributed by atoms with E-state index in [1.165, 1.54) is 6.07 Å². The van der Waals surface area contributed by atoms with Crippen molar-refractivity contribution in [3.05, 3.63) is 42.0 Å². The van der Waals surface area contributed by atoms with E-state index in [1.54, 1.807) is 45.9 Å². The van der Waals surface area contributed by atoms with Crippen molar-refractivity contribution in [2.24, 2.45) is 0 Å².